The smallest absolute Gasteiger partial charge is 0.243 e. The number of para-hydroxylation sites is 1. The van der Waals surface area contributed by atoms with Crippen LogP contribution in [0.25, 0.3) is 5.69 Å². The normalized spacial score (nSPS) is 11.7. The Hall–Kier alpha value is -2.58. The number of benzene rings is 2. The quantitative estimate of drug-likeness (QED) is 0.482. The Morgan fingerprint density at radius 1 is 1.13 bits per heavy atom. The average Bonchev–Trinajstić information content (AvgIpc) is 3.17. The van der Waals surface area contributed by atoms with Crippen LogP contribution in [0, 0.1) is 13.8 Å². The molecule has 156 valence electrons. The van der Waals surface area contributed by atoms with Crippen molar-refractivity contribution >= 4 is 45.2 Å². The van der Waals surface area contributed by atoms with Crippen LogP contribution in [0.2, 0.25) is 0 Å². The van der Waals surface area contributed by atoms with Crippen molar-refractivity contribution in [2.75, 3.05) is 11.9 Å². The van der Waals surface area contributed by atoms with Crippen LogP contribution in [0.15, 0.2) is 64.5 Å². The number of nitrogens with zero attached hydrogens (tertiary/aromatic N) is 2. The summed E-state index contributed by atoms with van der Waals surface area (Å²) in [6.45, 7) is 5.59. The lowest BCUT2D eigenvalue weighted by atomic mass is 10.1. The van der Waals surface area contributed by atoms with E-state index in [0.29, 0.717) is 5.16 Å². The van der Waals surface area contributed by atoms with E-state index in [-0.39, 0.29) is 18.4 Å². The van der Waals surface area contributed by atoms with Gasteiger partial charge in [0.1, 0.15) is 0 Å². The number of thioether (sulfide) groups is 1. The van der Waals surface area contributed by atoms with Crippen LogP contribution < -0.4 is 10.6 Å². The van der Waals surface area contributed by atoms with Crippen LogP contribution in [0.1, 0.15) is 18.1 Å². The molecule has 2 N–H and O–H groups in total. The second kappa shape index (κ2) is 9.95. The molecule has 30 heavy (non-hydrogen) atoms. The summed E-state index contributed by atoms with van der Waals surface area (Å²) in [5.74, 6) is -0.476. The predicted molar refractivity (Wildman–Crippen MR) is 124 cm³/mol. The van der Waals surface area contributed by atoms with Gasteiger partial charge in [-0.1, -0.05) is 45.9 Å². The molecule has 2 aromatic carbocycles. The number of imidazole rings is 1. The molecule has 3 aromatic rings. The number of carbonyl (C=O) groups excluding carboxylic acids is 2. The van der Waals surface area contributed by atoms with E-state index in [2.05, 4.69) is 31.5 Å². The molecule has 0 bridgehead atoms. The number of anilines is 1. The molecular formula is C22H23BrN4O2S. The van der Waals surface area contributed by atoms with Crippen LogP contribution in [0.5, 0.6) is 0 Å². The molecule has 0 aliphatic carbocycles. The summed E-state index contributed by atoms with van der Waals surface area (Å²) in [5, 5.41) is 5.88. The zero-order valence-corrected chi connectivity index (χ0v) is 19.4. The summed E-state index contributed by atoms with van der Waals surface area (Å²) in [6.07, 6.45) is 3.56. The Morgan fingerprint density at radius 3 is 2.47 bits per heavy atom. The average molecular weight is 487 g/mol. The van der Waals surface area contributed by atoms with Crippen LogP contribution in [-0.2, 0) is 9.59 Å². The zero-order chi connectivity index (χ0) is 21.7. The maximum absolute atomic E-state index is 12.5. The fourth-order valence-corrected chi connectivity index (χ4v) is 4.07. The molecule has 0 fully saturated rings. The van der Waals surface area contributed by atoms with E-state index in [0.717, 1.165) is 27.0 Å². The first-order valence-electron chi connectivity index (χ1n) is 9.45. The lowest BCUT2D eigenvalue weighted by molar-refractivity contribution is -0.123. The molecule has 8 heteroatoms. The highest BCUT2D eigenvalue weighted by atomic mass is 79.9. The molecule has 0 aliphatic heterocycles. The van der Waals surface area contributed by atoms with Crippen molar-refractivity contribution in [3.05, 3.63) is 70.5 Å². The predicted octanol–water partition coefficient (Wildman–Crippen LogP) is 4.49. The molecule has 1 unspecified atom stereocenters. The van der Waals surface area contributed by atoms with Gasteiger partial charge in [0, 0.05) is 28.2 Å². The van der Waals surface area contributed by atoms with E-state index in [9.17, 15) is 9.59 Å². The van der Waals surface area contributed by atoms with Crippen LogP contribution in [0.4, 0.5) is 5.69 Å². The number of hydrogen-bond donors (Lipinski definition) is 2. The fraction of sp³-hybridized carbons (Fsp3) is 0.227. The van der Waals surface area contributed by atoms with Crippen molar-refractivity contribution in [1.82, 2.24) is 14.9 Å². The van der Waals surface area contributed by atoms with Crippen molar-refractivity contribution in [3.8, 4) is 5.69 Å². The number of carbonyl (C=O) groups is 2. The van der Waals surface area contributed by atoms with Gasteiger partial charge in [0.05, 0.1) is 11.8 Å². The molecule has 1 heterocycles. The third-order valence-corrected chi connectivity index (χ3v) is 6.14. The minimum atomic E-state index is -0.408. The lowest BCUT2D eigenvalue weighted by Crippen LogP contribution is -2.37. The number of amides is 2. The summed E-state index contributed by atoms with van der Waals surface area (Å²) in [6, 6.07) is 13.7. The lowest BCUT2D eigenvalue weighted by Gasteiger charge is -2.14. The van der Waals surface area contributed by atoms with Gasteiger partial charge in [-0.25, -0.2) is 4.98 Å². The maximum atomic E-state index is 12.5. The third kappa shape index (κ3) is 5.52. The number of halogens is 1. The van der Waals surface area contributed by atoms with E-state index < -0.39 is 5.25 Å². The van der Waals surface area contributed by atoms with Gasteiger partial charge in [-0.3, -0.25) is 14.2 Å². The summed E-state index contributed by atoms with van der Waals surface area (Å²) < 4.78 is 2.92. The first-order chi connectivity index (χ1) is 14.3. The second-order valence-corrected chi connectivity index (χ2v) is 9.07. The topological polar surface area (TPSA) is 76.0 Å². The van der Waals surface area contributed by atoms with Crippen LogP contribution in [-0.4, -0.2) is 33.2 Å². The molecule has 0 saturated heterocycles. The van der Waals surface area contributed by atoms with Gasteiger partial charge in [0.2, 0.25) is 11.8 Å². The summed E-state index contributed by atoms with van der Waals surface area (Å²) in [4.78, 5) is 29.1. The van der Waals surface area contributed by atoms with Gasteiger partial charge < -0.3 is 10.6 Å². The molecular weight excluding hydrogens is 464 g/mol. The Kier molecular flexibility index (Phi) is 7.33. The molecule has 0 aliphatic rings. The molecule has 0 saturated carbocycles. The maximum Gasteiger partial charge on any atom is 0.243 e. The van der Waals surface area contributed by atoms with Crippen LogP contribution >= 0.6 is 27.7 Å². The van der Waals surface area contributed by atoms with Gasteiger partial charge >= 0.3 is 0 Å². The number of rotatable bonds is 7. The van der Waals surface area contributed by atoms with E-state index in [1.807, 2.05) is 67.1 Å². The van der Waals surface area contributed by atoms with Crippen molar-refractivity contribution in [2.45, 2.75) is 31.2 Å². The minimum Gasteiger partial charge on any atom is -0.346 e. The van der Waals surface area contributed by atoms with Crippen molar-refractivity contribution in [2.24, 2.45) is 0 Å². The first kappa shape index (κ1) is 22.1. The molecule has 6 nitrogen and oxygen atoms in total. The van der Waals surface area contributed by atoms with Crippen molar-refractivity contribution in [1.29, 1.82) is 0 Å². The number of aromatic nitrogens is 2. The highest BCUT2D eigenvalue weighted by Gasteiger charge is 2.18. The second-order valence-electron chi connectivity index (χ2n) is 6.85. The number of nitrogens with one attached hydrogen (secondary N) is 2. The monoisotopic (exact) mass is 486 g/mol. The van der Waals surface area contributed by atoms with Gasteiger partial charge in [0.25, 0.3) is 0 Å². The molecule has 0 spiro atoms. The Morgan fingerprint density at radius 2 is 1.80 bits per heavy atom. The Bertz CT molecular complexity index is 1030. The molecule has 3 rings (SSSR count). The third-order valence-electron chi connectivity index (χ3n) is 4.53. The zero-order valence-electron chi connectivity index (χ0n) is 17.0. The van der Waals surface area contributed by atoms with E-state index >= 15 is 0 Å². The summed E-state index contributed by atoms with van der Waals surface area (Å²) in [5.41, 5.74) is 3.71. The highest BCUT2D eigenvalue weighted by Crippen LogP contribution is 2.25. The van der Waals surface area contributed by atoms with E-state index in [1.165, 1.54) is 11.8 Å². The van der Waals surface area contributed by atoms with Crippen LogP contribution in [0.3, 0.4) is 0 Å². The number of hydrogen-bond acceptors (Lipinski definition) is 4. The minimum absolute atomic E-state index is 0.0847. The summed E-state index contributed by atoms with van der Waals surface area (Å²) in [7, 11) is 0. The van der Waals surface area contributed by atoms with Gasteiger partial charge in [0.15, 0.2) is 5.16 Å². The van der Waals surface area contributed by atoms with Gasteiger partial charge in [-0.05, 0) is 56.2 Å². The van der Waals surface area contributed by atoms with Crippen molar-refractivity contribution < 1.29 is 9.59 Å². The van der Waals surface area contributed by atoms with Gasteiger partial charge in [-0.2, -0.15) is 0 Å². The fourth-order valence-electron chi connectivity index (χ4n) is 2.89. The van der Waals surface area contributed by atoms with E-state index in [4.69, 9.17) is 0 Å². The van der Waals surface area contributed by atoms with Gasteiger partial charge in [-0.15, -0.1) is 0 Å². The molecule has 1 atom stereocenters. The Balaban J connectivity index is 1.56. The van der Waals surface area contributed by atoms with Crippen molar-refractivity contribution in [3.63, 3.8) is 0 Å². The molecule has 1 aromatic heterocycles. The highest BCUT2D eigenvalue weighted by molar-refractivity contribution is 9.10. The SMILES string of the molecule is Cc1cccc(C)c1NC(=O)CNC(=O)C(C)Sc1nccn1-c1ccc(Br)cc1. The standard InChI is InChI=1S/C22H23BrN4O2S/c1-14-5-4-6-15(2)20(14)26-19(28)13-25-21(29)16(3)30-22-24-11-12-27(22)18-9-7-17(23)8-10-18/h4-12,16H,13H2,1-3H3,(H,25,29)(H,26,28). The largest absolute Gasteiger partial charge is 0.346 e. The Labute approximate surface area is 188 Å². The first-order valence-corrected chi connectivity index (χ1v) is 11.1. The molecule has 2 amide bonds. The van der Waals surface area contributed by atoms with E-state index in [1.54, 1.807) is 13.1 Å². The number of aryl methyl sites for hydroxylation is 2. The molecule has 0 radical (unpaired) electrons. The summed E-state index contributed by atoms with van der Waals surface area (Å²) >= 11 is 4.77.